The van der Waals surface area contributed by atoms with E-state index in [0.29, 0.717) is 0 Å². The number of esters is 2. The van der Waals surface area contributed by atoms with Gasteiger partial charge in [0.2, 0.25) is 10.0 Å². The molecule has 1 rings (SSSR count). The molecule has 0 spiro atoms. The SMILES string of the molecule is COC(=O)CN(CC(=O)OC)C(=O)c1cc(S(N)(=O)=O)ccc1Br. The first kappa shape index (κ1) is 20.1. The molecule has 0 unspecified atom stereocenters. The zero-order valence-corrected chi connectivity index (χ0v) is 15.2. The molecule has 0 saturated heterocycles. The Morgan fingerprint density at radius 2 is 1.62 bits per heavy atom. The number of sulfonamides is 1. The van der Waals surface area contributed by atoms with Crippen molar-refractivity contribution in [2.24, 2.45) is 5.14 Å². The summed E-state index contributed by atoms with van der Waals surface area (Å²) >= 11 is 3.12. The van der Waals surface area contributed by atoms with Gasteiger partial charge in [0.15, 0.2) is 0 Å². The molecule has 11 heteroatoms. The number of carbonyl (C=O) groups excluding carboxylic acids is 3. The fourth-order valence-corrected chi connectivity index (χ4v) is 2.61. The smallest absolute Gasteiger partial charge is 0.325 e. The first-order valence-corrected chi connectivity index (χ1v) is 8.69. The van der Waals surface area contributed by atoms with Gasteiger partial charge in [-0.25, -0.2) is 13.6 Å². The van der Waals surface area contributed by atoms with E-state index >= 15 is 0 Å². The minimum absolute atomic E-state index is 0.0886. The van der Waals surface area contributed by atoms with Gasteiger partial charge in [-0.15, -0.1) is 0 Å². The van der Waals surface area contributed by atoms with E-state index in [4.69, 9.17) is 5.14 Å². The third kappa shape index (κ3) is 5.28. The maximum absolute atomic E-state index is 12.6. The molecule has 0 aliphatic heterocycles. The maximum atomic E-state index is 12.6. The minimum Gasteiger partial charge on any atom is -0.468 e. The van der Waals surface area contributed by atoms with Gasteiger partial charge < -0.3 is 14.4 Å². The summed E-state index contributed by atoms with van der Waals surface area (Å²) in [7, 11) is -1.78. The molecular weight excluding hydrogens is 408 g/mol. The summed E-state index contributed by atoms with van der Waals surface area (Å²) in [6, 6.07) is 3.58. The summed E-state index contributed by atoms with van der Waals surface area (Å²) in [5.74, 6) is -2.29. The number of rotatable bonds is 6. The lowest BCUT2D eigenvalue weighted by Crippen LogP contribution is -2.40. The molecule has 0 aliphatic carbocycles. The predicted octanol–water partition coefficient (Wildman–Crippen LogP) is -0.115. The van der Waals surface area contributed by atoms with Crippen molar-refractivity contribution in [1.82, 2.24) is 4.90 Å². The van der Waals surface area contributed by atoms with Crippen LogP contribution in [0.15, 0.2) is 27.6 Å². The fraction of sp³-hybridized carbons (Fsp3) is 0.308. The van der Waals surface area contributed by atoms with Crippen molar-refractivity contribution >= 4 is 43.8 Å². The third-order valence-electron chi connectivity index (χ3n) is 2.88. The van der Waals surface area contributed by atoms with Crippen LogP contribution in [0.25, 0.3) is 0 Å². The first-order valence-electron chi connectivity index (χ1n) is 6.35. The van der Waals surface area contributed by atoms with E-state index in [1.807, 2.05) is 0 Å². The van der Waals surface area contributed by atoms with Crippen molar-refractivity contribution in [2.45, 2.75) is 4.90 Å². The summed E-state index contributed by atoms with van der Waals surface area (Å²) in [5, 5.41) is 5.04. The van der Waals surface area contributed by atoms with Crippen molar-refractivity contribution in [3.05, 3.63) is 28.2 Å². The number of amides is 1. The highest BCUT2D eigenvalue weighted by Crippen LogP contribution is 2.22. The van der Waals surface area contributed by atoms with E-state index in [1.165, 1.54) is 12.1 Å². The van der Waals surface area contributed by atoms with Crippen LogP contribution in [0.5, 0.6) is 0 Å². The van der Waals surface area contributed by atoms with Crippen LogP contribution in [0.1, 0.15) is 10.4 Å². The number of primary sulfonamides is 1. The van der Waals surface area contributed by atoms with Gasteiger partial charge in [0.05, 0.1) is 24.7 Å². The van der Waals surface area contributed by atoms with Crippen LogP contribution in [-0.2, 0) is 29.1 Å². The molecule has 0 heterocycles. The van der Waals surface area contributed by atoms with Crippen molar-refractivity contribution in [1.29, 1.82) is 0 Å². The molecule has 1 aromatic rings. The Bertz CT molecular complexity index is 746. The van der Waals surface area contributed by atoms with Crippen molar-refractivity contribution in [2.75, 3.05) is 27.3 Å². The van der Waals surface area contributed by atoms with Crippen LogP contribution in [0.2, 0.25) is 0 Å². The lowest BCUT2D eigenvalue weighted by molar-refractivity contribution is -0.144. The van der Waals surface area contributed by atoms with Crippen LogP contribution in [0, 0.1) is 0 Å². The Balaban J connectivity index is 3.26. The van der Waals surface area contributed by atoms with Gasteiger partial charge in [0.25, 0.3) is 5.91 Å². The standard InChI is InChI=1S/C13H15BrN2O7S/c1-22-11(17)6-16(7-12(18)23-2)13(19)9-5-8(24(15,20)21)3-4-10(9)14/h3-5H,6-7H2,1-2H3,(H2,15,20,21). The highest BCUT2D eigenvalue weighted by atomic mass is 79.9. The van der Waals surface area contributed by atoms with E-state index in [9.17, 15) is 22.8 Å². The minimum atomic E-state index is -4.03. The van der Waals surface area contributed by atoms with Gasteiger partial charge in [-0.05, 0) is 34.1 Å². The highest BCUT2D eigenvalue weighted by molar-refractivity contribution is 9.10. The van der Waals surface area contributed by atoms with E-state index in [1.54, 1.807) is 0 Å². The number of hydrogen-bond acceptors (Lipinski definition) is 7. The molecule has 1 amide bonds. The lowest BCUT2D eigenvalue weighted by atomic mass is 10.2. The number of methoxy groups -OCH3 is 2. The molecule has 0 fully saturated rings. The number of benzene rings is 1. The number of carbonyl (C=O) groups is 3. The molecule has 0 aliphatic rings. The van der Waals surface area contributed by atoms with Crippen molar-refractivity contribution in [3.63, 3.8) is 0 Å². The molecular formula is C13H15BrN2O7S. The Kier molecular flexibility index (Phi) is 6.87. The fourth-order valence-electron chi connectivity index (χ4n) is 1.66. The van der Waals surface area contributed by atoms with Gasteiger partial charge >= 0.3 is 11.9 Å². The zero-order valence-electron chi connectivity index (χ0n) is 12.8. The quantitative estimate of drug-likeness (QED) is 0.631. The summed E-state index contributed by atoms with van der Waals surface area (Å²) in [5.41, 5.74) is -0.0886. The Hall–Kier alpha value is -1.98. The number of hydrogen-bond donors (Lipinski definition) is 1. The van der Waals surface area contributed by atoms with E-state index in [2.05, 4.69) is 25.4 Å². The molecule has 1 aromatic carbocycles. The third-order valence-corrected chi connectivity index (χ3v) is 4.48. The van der Waals surface area contributed by atoms with Gasteiger partial charge in [-0.1, -0.05) is 0 Å². The highest BCUT2D eigenvalue weighted by Gasteiger charge is 2.25. The van der Waals surface area contributed by atoms with Crippen LogP contribution in [0.4, 0.5) is 0 Å². The van der Waals surface area contributed by atoms with Gasteiger partial charge in [0.1, 0.15) is 13.1 Å². The van der Waals surface area contributed by atoms with Crippen LogP contribution < -0.4 is 5.14 Å². The van der Waals surface area contributed by atoms with Gasteiger partial charge in [-0.2, -0.15) is 0 Å². The lowest BCUT2D eigenvalue weighted by Gasteiger charge is -2.21. The average molecular weight is 423 g/mol. The maximum Gasteiger partial charge on any atom is 0.325 e. The van der Waals surface area contributed by atoms with E-state index in [0.717, 1.165) is 25.2 Å². The molecule has 0 radical (unpaired) electrons. The molecule has 0 saturated carbocycles. The normalized spacial score (nSPS) is 10.8. The van der Waals surface area contributed by atoms with E-state index < -0.39 is 41.0 Å². The van der Waals surface area contributed by atoms with Crippen LogP contribution in [0.3, 0.4) is 0 Å². The number of nitrogens with zero attached hydrogens (tertiary/aromatic N) is 1. The Morgan fingerprint density at radius 3 is 2.04 bits per heavy atom. The predicted molar refractivity (Wildman–Crippen MR) is 85.5 cm³/mol. The summed E-state index contributed by atoms with van der Waals surface area (Å²) in [4.78, 5) is 36.1. The summed E-state index contributed by atoms with van der Waals surface area (Å²) in [6.45, 7) is -1.03. The monoisotopic (exact) mass is 422 g/mol. The Morgan fingerprint density at radius 1 is 1.12 bits per heavy atom. The number of halogens is 1. The largest absolute Gasteiger partial charge is 0.468 e. The molecule has 0 bridgehead atoms. The second-order valence-electron chi connectivity index (χ2n) is 4.50. The topological polar surface area (TPSA) is 133 Å². The van der Waals surface area contributed by atoms with Gasteiger partial charge in [0, 0.05) is 4.47 Å². The van der Waals surface area contributed by atoms with Crippen molar-refractivity contribution < 1.29 is 32.3 Å². The second-order valence-corrected chi connectivity index (χ2v) is 6.92. The summed E-state index contributed by atoms with van der Waals surface area (Å²) in [6.07, 6.45) is 0. The van der Waals surface area contributed by atoms with Crippen LogP contribution in [-0.4, -0.2) is 58.5 Å². The average Bonchev–Trinajstić information content (AvgIpc) is 2.52. The van der Waals surface area contributed by atoms with Crippen molar-refractivity contribution in [3.8, 4) is 0 Å². The van der Waals surface area contributed by atoms with Crippen LogP contribution >= 0.6 is 15.9 Å². The summed E-state index contributed by atoms with van der Waals surface area (Å²) < 4.78 is 32.1. The second kappa shape index (κ2) is 8.22. The molecule has 0 aromatic heterocycles. The first-order chi connectivity index (χ1) is 11.1. The molecule has 24 heavy (non-hydrogen) atoms. The number of ether oxygens (including phenoxy) is 2. The molecule has 2 N–H and O–H groups in total. The molecule has 132 valence electrons. The zero-order chi connectivity index (χ0) is 18.5. The number of nitrogens with two attached hydrogens (primary N) is 1. The molecule has 9 nitrogen and oxygen atoms in total. The Labute approximate surface area is 146 Å². The molecule has 0 atom stereocenters. The van der Waals surface area contributed by atoms with Gasteiger partial charge in [-0.3, -0.25) is 14.4 Å². The van der Waals surface area contributed by atoms with E-state index in [-0.39, 0.29) is 14.9 Å².